The van der Waals surface area contributed by atoms with E-state index >= 15 is 0 Å². The van der Waals surface area contributed by atoms with Crippen LogP contribution in [0.1, 0.15) is 5.69 Å². The van der Waals surface area contributed by atoms with Crippen molar-refractivity contribution in [3.05, 3.63) is 18.0 Å². The third-order valence-corrected chi connectivity index (χ3v) is 3.63. The van der Waals surface area contributed by atoms with Gasteiger partial charge < -0.3 is 0 Å². The fourth-order valence-corrected chi connectivity index (χ4v) is 2.87. The molecule has 0 aliphatic heterocycles. The number of nitrogens with one attached hydrogen (secondary N) is 2. The molecule has 0 aromatic carbocycles. The van der Waals surface area contributed by atoms with Crippen LogP contribution in [0, 0.1) is 0 Å². The highest BCUT2D eigenvalue weighted by Crippen LogP contribution is 2.27. The average molecular weight is 370 g/mol. The summed E-state index contributed by atoms with van der Waals surface area (Å²) in [6.07, 6.45) is -2.66. The normalized spacial score (nSPS) is 12.2. The number of aromatic nitrogens is 4. The number of sulfonamides is 1. The minimum Gasteiger partial charge on any atom is -0.299 e. The lowest BCUT2D eigenvalue weighted by molar-refractivity contribution is -0.141. The molecule has 2 aromatic rings. The maximum absolute atomic E-state index is 12.4. The summed E-state index contributed by atoms with van der Waals surface area (Å²) in [5, 5.41) is 12.4. The monoisotopic (exact) mass is 370 g/mol. The number of amides is 1. The molecule has 0 atom stereocenters. The molecule has 1 amide bonds. The lowest BCUT2D eigenvalue weighted by Gasteiger charge is -2.03. The number of hydrogen-bond donors (Lipinski definition) is 2. The van der Waals surface area contributed by atoms with E-state index < -0.39 is 34.3 Å². The Labute approximate surface area is 131 Å². The van der Waals surface area contributed by atoms with Gasteiger partial charge in [0.15, 0.2) is 5.69 Å². The van der Waals surface area contributed by atoms with Gasteiger partial charge in [0.1, 0.15) is 6.54 Å². The molecule has 2 heterocycles. The van der Waals surface area contributed by atoms with Crippen molar-refractivity contribution in [3.63, 3.8) is 0 Å². The van der Waals surface area contributed by atoms with Gasteiger partial charge in [-0.05, 0) is 6.07 Å². The van der Waals surface area contributed by atoms with Crippen molar-refractivity contribution < 1.29 is 26.4 Å². The van der Waals surface area contributed by atoms with Crippen LogP contribution < -0.4 is 10.0 Å². The Kier molecular flexibility index (Phi) is 4.56. The number of carbonyl (C=O) groups excluding carboxylic acids is 1. The topological polar surface area (TPSA) is 119 Å². The highest BCUT2D eigenvalue weighted by Gasteiger charge is 2.33. The molecule has 0 saturated carbocycles. The predicted octanol–water partition coefficient (Wildman–Crippen LogP) is 0.764. The maximum atomic E-state index is 12.4. The van der Waals surface area contributed by atoms with Crippen LogP contribution in [0.15, 0.2) is 12.3 Å². The second-order valence-electron chi connectivity index (χ2n) is 4.23. The number of hydrogen-bond acceptors (Lipinski definition) is 7. The van der Waals surface area contributed by atoms with Crippen molar-refractivity contribution in [2.75, 3.05) is 16.3 Å². The third-order valence-electron chi connectivity index (χ3n) is 2.18. The summed E-state index contributed by atoms with van der Waals surface area (Å²) >= 11 is 0.754. The SMILES string of the molecule is CS(=O)(=O)Nc1nnc(NC(=O)Cn2ccc(C(F)(F)F)n2)s1. The molecule has 0 radical (unpaired) electrons. The Morgan fingerprint density at radius 2 is 2.00 bits per heavy atom. The first-order valence-electron chi connectivity index (χ1n) is 5.75. The van der Waals surface area contributed by atoms with Gasteiger partial charge in [0, 0.05) is 6.20 Å². The van der Waals surface area contributed by atoms with Crippen molar-refractivity contribution in [2.45, 2.75) is 12.7 Å². The fraction of sp³-hybridized carbons (Fsp3) is 0.333. The molecule has 126 valence electrons. The Hall–Kier alpha value is -2.22. The van der Waals surface area contributed by atoms with E-state index in [1.54, 1.807) is 0 Å². The zero-order chi connectivity index (χ0) is 17.3. The molecule has 0 saturated heterocycles. The molecule has 0 fully saturated rings. The lowest BCUT2D eigenvalue weighted by atomic mass is 10.4. The molecule has 0 spiro atoms. The van der Waals surface area contributed by atoms with Crippen LogP contribution in [-0.4, -0.2) is 40.6 Å². The molecule has 2 aromatic heterocycles. The van der Waals surface area contributed by atoms with E-state index in [0.717, 1.165) is 34.5 Å². The van der Waals surface area contributed by atoms with Gasteiger partial charge in [-0.2, -0.15) is 18.3 Å². The van der Waals surface area contributed by atoms with Crippen LogP contribution in [0.5, 0.6) is 0 Å². The molecular formula is C9H9F3N6O3S2. The summed E-state index contributed by atoms with van der Waals surface area (Å²) in [6, 6.07) is 0.742. The van der Waals surface area contributed by atoms with Gasteiger partial charge in [0.05, 0.1) is 6.26 Å². The molecule has 23 heavy (non-hydrogen) atoms. The number of carbonyl (C=O) groups is 1. The number of alkyl halides is 3. The summed E-state index contributed by atoms with van der Waals surface area (Å²) in [4.78, 5) is 11.7. The van der Waals surface area contributed by atoms with Crippen molar-refractivity contribution >= 4 is 37.5 Å². The molecule has 0 unspecified atom stereocenters. The van der Waals surface area contributed by atoms with Crippen LogP contribution in [0.4, 0.5) is 23.4 Å². The van der Waals surface area contributed by atoms with E-state index in [4.69, 9.17) is 0 Å². The first-order valence-corrected chi connectivity index (χ1v) is 8.45. The number of rotatable bonds is 5. The number of anilines is 2. The van der Waals surface area contributed by atoms with Crippen LogP contribution in [-0.2, 0) is 27.5 Å². The minimum absolute atomic E-state index is 0.00986. The first-order chi connectivity index (χ1) is 10.5. The van der Waals surface area contributed by atoms with Gasteiger partial charge in [0.2, 0.25) is 26.2 Å². The third kappa shape index (κ3) is 5.17. The van der Waals surface area contributed by atoms with E-state index in [9.17, 15) is 26.4 Å². The standard InChI is InChI=1S/C9H9F3N6O3S2/c1-23(20,21)17-8-15-14-7(22-8)13-6(19)4-18-3-2-5(16-18)9(10,11)12/h2-3H,4H2,1H3,(H,15,17)(H,13,14,19). The van der Waals surface area contributed by atoms with Crippen LogP contribution in [0.3, 0.4) is 0 Å². The summed E-state index contributed by atoms with van der Waals surface area (Å²) in [5.41, 5.74) is -1.11. The number of nitrogens with zero attached hydrogens (tertiary/aromatic N) is 4. The quantitative estimate of drug-likeness (QED) is 0.802. The van der Waals surface area contributed by atoms with Gasteiger partial charge in [-0.1, -0.05) is 11.3 Å². The fourth-order valence-electron chi connectivity index (χ4n) is 1.38. The van der Waals surface area contributed by atoms with Crippen molar-refractivity contribution in [1.82, 2.24) is 20.0 Å². The highest BCUT2D eigenvalue weighted by molar-refractivity contribution is 7.92. The van der Waals surface area contributed by atoms with Crippen molar-refractivity contribution in [3.8, 4) is 0 Å². The average Bonchev–Trinajstić information content (AvgIpc) is 2.96. The number of halogens is 3. The molecule has 2 rings (SSSR count). The van der Waals surface area contributed by atoms with E-state index in [2.05, 4.69) is 25.3 Å². The lowest BCUT2D eigenvalue weighted by Crippen LogP contribution is -2.19. The second kappa shape index (κ2) is 6.11. The Bertz CT molecular complexity index is 813. The Balaban J connectivity index is 1.96. The second-order valence-corrected chi connectivity index (χ2v) is 6.96. The smallest absolute Gasteiger partial charge is 0.299 e. The molecule has 14 heteroatoms. The molecule has 0 aliphatic rings. The van der Waals surface area contributed by atoms with Gasteiger partial charge in [-0.15, -0.1) is 10.2 Å². The summed E-state index contributed by atoms with van der Waals surface area (Å²) in [7, 11) is -3.53. The van der Waals surface area contributed by atoms with Crippen LogP contribution in [0.2, 0.25) is 0 Å². The van der Waals surface area contributed by atoms with Crippen LogP contribution in [0.25, 0.3) is 0 Å². The Morgan fingerprint density at radius 3 is 2.57 bits per heavy atom. The summed E-state index contributed by atoms with van der Waals surface area (Å²) < 4.78 is 62.0. The van der Waals surface area contributed by atoms with Gasteiger partial charge in [-0.3, -0.25) is 19.5 Å². The molecule has 0 bridgehead atoms. The largest absolute Gasteiger partial charge is 0.435 e. The Morgan fingerprint density at radius 1 is 1.35 bits per heavy atom. The van der Waals surface area contributed by atoms with Gasteiger partial charge >= 0.3 is 6.18 Å². The minimum atomic E-state index is -4.59. The van der Waals surface area contributed by atoms with Crippen molar-refractivity contribution in [1.29, 1.82) is 0 Å². The van der Waals surface area contributed by atoms with Gasteiger partial charge in [-0.25, -0.2) is 8.42 Å². The molecule has 2 N–H and O–H groups in total. The maximum Gasteiger partial charge on any atom is 0.435 e. The first kappa shape index (κ1) is 17.1. The van der Waals surface area contributed by atoms with Gasteiger partial charge in [0.25, 0.3) is 0 Å². The van der Waals surface area contributed by atoms with E-state index in [-0.39, 0.29) is 10.3 Å². The van der Waals surface area contributed by atoms with E-state index in [1.165, 1.54) is 0 Å². The zero-order valence-electron chi connectivity index (χ0n) is 11.3. The predicted molar refractivity (Wildman–Crippen MR) is 74.2 cm³/mol. The summed E-state index contributed by atoms with van der Waals surface area (Å²) in [5.74, 6) is -0.691. The van der Waals surface area contributed by atoms with E-state index in [1.807, 2.05) is 0 Å². The molecular weight excluding hydrogens is 361 g/mol. The van der Waals surface area contributed by atoms with Crippen molar-refractivity contribution in [2.24, 2.45) is 0 Å². The summed E-state index contributed by atoms with van der Waals surface area (Å²) in [6.45, 7) is -0.468. The highest BCUT2D eigenvalue weighted by atomic mass is 32.2. The van der Waals surface area contributed by atoms with E-state index in [0.29, 0.717) is 0 Å². The zero-order valence-corrected chi connectivity index (χ0v) is 13.0. The van der Waals surface area contributed by atoms with Crippen LogP contribution >= 0.6 is 11.3 Å². The molecule has 0 aliphatic carbocycles. The molecule has 9 nitrogen and oxygen atoms in total.